The lowest BCUT2D eigenvalue weighted by Crippen LogP contribution is -2.41. The number of urea groups is 1. The van der Waals surface area contributed by atoms with E-state index in [1.54, 1.807) is 53.6 Å². The van der Waals surface area contributed by atoms with Crippen molar-refractivity contribution in [3.63, 3.8) is 0 Å². The van der Waals surface area contributed by atoms with E-state index < -0.39 is 17.8 Å². The Morgan fingerprint density at radius 2 is 1.60 bits per heavy atom. The van der Waals surface area contributed by atoms with Gasteiger partial charge in [-0.1, -0.05) is 6.07 Å². The van der Waals surface area contributed by atoms with Crippen LogP contribution in [-0.4, -0.2) is 51.4 Å². The zero-order valence-electron chi connectivity index (χ0n) is 23.9. The molecule has 3 aromatic carbocycles. The number of carbonyl (C=O) groups excluding carboxylic acids is 1. The van der Waals surface area contributed by atoms with Gasteiger partial charge in [0.1, 0.15) is 11.5 Å². The molecule has 0 radical (unpaired) electrons. The molecule has 5 rings (SSSR count). The van der Waals surface area contributed by atoms with E-state index >= 15 is 0 Å². The Bertz CT molecular complexity index is 1610. The molecule has 226 valence electrons. The normalized spacial score (nSPS) is 14.0. The molecule has 1 aliphatic rings. The Morgan fingerprint density at radius 1 is 0.907 bits per heavy atom. The summed E-state index contributed by atoms with van der Waals surface area (Å²) in [4.78, 5) is 18.9. The summed E-state index contributed by atoms with van der Waals surface area (Å²) < 4.78 is 58.9. The second kappa shape index (κ2) is 12.7. The highest BCUT2D eigenvalue weighted by atomic mass is 19.4. The van der Waals surface area contributed by atoms with Crippen LogP contribution in [0.4, 0.5) is 35.0 Å². The van der Waals surface area contributed by atoms with Crippen LogP contribution in [0.15, 0.2) is 66.9 Å². The first kappa shape index (κ1) is 29.8. The van der Waals surface area contributed by atoms with Crippen LogP contribution >= 0.6 is 0 Å². The van der Waals surface area contributed by atoms with E-state index in [2.05, 4.69) is 20.9 Å². The van der Waals surface area contributed by atoms with E-state index in [1.807, 2.05) is 7.05 Å². The van der Waals surface area contributed by atoms with Gasteiger partial charge in [0.25, 0.3) is 0 Å². The Kier molecular flexibility index (Phi) is 8.76. The molecule has 1 saturated heterocycles. The Balaban J connectivity index is 1.30. The van der Waals surface area contributed by atoms with Crippen LogP contribution in [-0.2, 0) is 6.18 Å². The molecule has 43 heavy (non-hydrogen) atoms. The highest BCUT2D eigenvalue weighted by molar-refractivity contribution is 6.00. The predicted octanol–water partition coefficient (Wildman–Crippen LogP) is 6.90. The van der Waals surface area contributed by atoms with Crippen LogP contribution in [0, 0.1) is 0 Å². The molecule has 12 heteroatoms. The van der Waals surface area contributed by atoms with Gasteiger partial charge in [-0.2, -0.15) is 13.2 Å². The molecule has 2 heterocycles. The summed E-state index contributed by atoms with van der Waals surface area (Å²) in [5, 5.41) is 9.04. The predicted molar refractivity (Wildman–Crippen MR) is 160 cm³/mol. The van der Waals surface area contributed by atoms with Gasteiger partial charge in [-0.05, 0) is 62.4 Å². The Hall–Kier alpha value is -4.71. The zero-order valence-corrected chi connectivity index (χ0v) is 23.9. The molecular weight excluding hydrogens is 563 g/mol. The number of piperidine rings is 1. The molecule has 1 fully saturated rings. The van der Waals surface area contributed by atoms with Crippen molar-refractivity contribution in [3.8, 4) is 23.0 Å². The van der Waals surface area contributed by atoms with Crippen LogP contribution < -0.4 is 35.1 Å². The van der Waals surface area contributed by atoms with Gasteiger partial charge in [-0.3, -0.25) is 4.98 Å². The number of alkyl halides is 3. The number of carbonyl (C=O) groups is 1. The zero-order chi connectivity index (χ0) is 30.6. The number of aromatic nitrogens is 1. The summed E-state index contributed by atoms with van der Waals surface area (Å²) in [7, 11) is 4.93. The molecule has 9 nitrogen and oxygen atoms in total. The number of halogens is 3. The molecule has 1 aliphatic heterocycles. The number of fused-ring (bicyclic) bond motifs is 1. The summed E-state index contributed by atoms with van der Waals surface area (Å²) in [6.07, 6.45) is -1.48. The van der Waals surface area contributed by atoms with Crippen LogP contribution in [0.25, 0.3) is 10.9 Å². The number of benzene rings is 3. The second-order valence-corrected chi connectivity index (χ2v) is 10.0. The molecule has 0 unspecified atom stereocenters. The Labute approximate surface area is 246 Å². The molecule has 0 aliphatic carbocycles. The summed E-state index contributed by atoms with van der Waals surface area (Å²) >= 11 is 0. The van der Waals surface area contributed by atoms with Crippen LogP contribution in [0.3, 0.4) is 0 Å². The van der Waals surface area contributed by atoms with Crippen molar-refractivity contribution in [3.05, 3.63) is 72.4 Å². The smallest absolute Gasteiger partial charge is 0.418 e. The average Bonchev–Trinajstić information content (AvgIpc) is 3.00. The van der Waals surface area contributed by atoms with E-state index in [-0.39, 0.29) is 17.4 Å². The SMILES string of the molecule is CNC1CCN(c2ccc(NC(=O)Nc3cccc(Oc4ccnc5cc(OC)c(OC)cc45)c3)cc2C(F)(F)F)CC1. The van der Waals surface area contributed by atoms with Gasteiger partial charge in [0.2, 0.25) is 0 Å². The summed E-state index contributed by atoms with van der Waals surface area (Å²) in [6.45, 7) is 1.02. The van der Waals surface area contributed by atoms with Gasteiger partial charge in [0.05, 0.1) is 25.3 Å². The first-order valence-electron chi connectivity index (χ1n) is 13.7. The summed E-state index contributed by atoms with van der Waals surface area (Å²) in [5.41, 5.74) is 0.363. The van der Waals surface area contributed by atoms with E-state index in [4.69, 9.17) is 14.2 Å². The monoisotopic (exact) mass is 595 g/mol. The average molecular weight is 596 g/mol. The number of rotatable bonds is 8. The lowest BCUT2D eigenvalue weighted by atomic mass is 10.0. The lowest BCUT2D eigenvalue weighted by molar-refractivity contribution is -0.137. The van der Waals surface area contributed by atoms with E-state index in [9.17, 15) is 18.0 Å². The lowest BCUT2D eigenvalue weighted by Gasteiger charge is -2.35. The highest BCUT2D eigenvalue weighted by Crippen LogP contribution is 2.40. The van der Waals surface area contributed by atoms with Gasteiger partial charge >= 0.3 is 12.2 Å². The molecule has 3 N–H and O–H groups in total. The Morgan fingerprint density at radius 3 is 2.28 bits per heavy atom. The number of pyridine rings is 1. The highest BCUT2D eigenvalue weighted by Gasteiger charge is 2.36. The third-order valence-corrected chi connectivity index (χ3v) is 7.33. The van der Waals surface area contributed by atoms with Gasteiger partial charge < -0.3 is 35.1 Å². The second-order valence-electron chi connectivity index (χ2n) is 10.0. The topological polar surface area (TPSA) is 97.0 Å². The minimum atomic E-state index is -4.58. The molecule has 0 bridgehead atoms. The molecule has 4 aromatic rings. The van der Waals surface area contributed by atoms with Crippen molar-refractivity contribution in [2.75, 3.05) is 49.9 Å². The van der Waals surface area contributed by atoms with Crippen LogP contribution in [0.1, 0.15) is 18.4 Å². The number of ether oxygens (including phenoxy) is 3. The standard InChI is InChI=1S/C31H32F3N5O4/c1-35-19-10-13-39(14-11-19)26-8-7-21(16-24(26)31(32,33)34)38-30(40)37-20-5-4-6-22(15-20)43-27-9-12-36-25-18-29(42-3)28(41-2)17-23(25)27/h4-9,12,15-19,35H,10-11,13-14H2,1-3H3,(H2,37,38,40). The van der Waals surface area contributed by atoms with Crippen LogP contribution in [0.2, 0.25) is 0 Å². The van der Waals surface area contributed by atoms with Gasteiger partial charge in [0, 0.05) is 59.9 Å². The van der Waals surface area contributed by atoms with Crippen molar-refractivity contribution in [1.29, 1.82) is 0 Å². The fraction of sp³-hybridized carbons (Fsp3) is 0.290. The molecule has 0 saturated carbocycles. The van der Waals surface area contributed by atoms with Gasteiger partial charge in [-0.25, -0.2) is 4.79 Å². The molecule has 0 atom stereocenters. The van der Waals surface area contributed by atoms with Crippen molar-refractivity contribution in [1.82, 2.24) is 10.3 Å². The number of nitrogens with zero attached hydrogens (tertiary/aromatic N) is 2. The molecule has 2 amide bonds. The molecule has 1 aromatic heterocycles. The minimum Gasteiger partial charge on any atom is -0.493 e. The number of methoxy groups -OCH3 is 2. The largest absolute Gasteiger partial charge is 0.493 e. The van der Waals surface area contributed by atoms with Gasteiger partial charge in [-0.15, -0.1) is 0 Å². The molecular formula is C31H32F3N5O4. The number of amides is 2. The van der Waals surface area contributed by atoms with E-state index in [1.165, 1.54) is 26.4 Å². The maximum absolute atomic E-state index is 14.0. The summed E-state index contributed by atoms with van der Waals surface area (Å²) in [6, 6.07) is 15.3. The number of hydrogen-bond donors (Lipinski definition) is 3. The summed E-state index contributed by atoms with van der Waals surface area (Å²) in [5.74, 6) is 1.97. The first-order valence-corrected chi connectivity index (χ1v) is 13.7. The number of anilines is 3. The van der Waals surface area contributed by atoms with Crippen molar-refractivity contribution in [2.24, 2.45) is 0 Å². The molecule has 0 spiro atoms. The fourth-order valence-corrected chi connectivity index (χ4v) is 5.12. The van der Waals surface area contributed by atoms with Crippen LogP contribution in [0.5, 0.6) is 23.0 Å². The van der Waals surface area contributed by atoms with Crippen molar-refractivity contribution in [2.45, 2.75) is 25.1 Å². The van der Waals surface area contributed by atoms with Crippen molar-refractivity contribution >= 4 is 34.0 Å². The number of nitrogens with one attached hydrogen (secondary N) is 3. The third-order valence-electron chi connectivity index (χ3n) is 7.33. The van der Waals surface area contributed by atoms with Crippen molar-refractivity contribution < 1.29 is 32.2 Å². The maximum Gasteiger partial charge on any atom is 0.418 e. The van der Waals surface area contributed by atoms with Gasteiger partial charge in [0.15, 0.2) is 11.5 Å². The quantitative estimate of drug-likeness (QED) is 0.204. The minimum absolute atomic E-state index is 0.0266. The third kappa shape index (κ3) is 6.86. The van der Waals surface area contributed by atoms with E-state index in [0.717, 1.165) is 18.9 Å². The first-order chi connectivity index (χ1) is 20.7. The van der Waals surface area contributed by atoms with E-state index in [0.29, 0.717) is 52.7 Å². The fourth-order valence-electron chi connectivity index (χ4n) is 5.12. The maximum atomic E-state index is 14.0. The number of hydrogen-bond acceptors (Lipinski definition) is 7.